The molecule has 2 nitrogen and oxygen atoms in total. The summed E-state index contributed by atoms with van der Waals surface area (Å²) in [5, 5.41) is 5.85. The monoisotopic (exact) mass is 288 g/mol. The summed E-state index contributed by atoms with van der Waals surface area (Å²) in [5.74, 6) is 0. The number of thiophene rings is 1. The van der Waals surface area contributed by atoms with E-state index in [0.717, 1.165) is 19.5 Å². The fraction of sp³-hybridized carbons (Fsp3) is 0.412. The predicted octanol–water partition coefficient (Wildman–Crippen LogP) is 4.05. The maximum Gasteiger partial charge on any atom is 0.0414 e. The van der Waals surface area contributed by atoms with Gasteiger partial charge in [0.2, 0.25) is 0 Å². The molecule has 0 aliphatic heterocycles. The number of benzene rings is 1. The molecule has 1 heterocycles. The highest BCUT2D eigenvalue weighted by molar-refractivity contribution is 7.10. The Bertz CT molecular complexity index is 505. The highest BCUT2D eigenvalue weighted by atomic mass is 32.1. The van der Waals surface area contributed by atoms with Crippen molar-refractivity contribution in [3.63, 3.8) is 0 Å². The lowest BCUT2D eigenvalue weighted by Crippen LogP contribution is -2.21. The molecule has 1 aromatic carbocycles. The van der Waals surface area contributed by atoms with Crippen LogP contribution < -0.4 is 5.32 Å². The molecule has 1 aromatic heterocycles. The van der Waals surface area contributed by atoms with Crippen LogP contribution in [0, 0.1) is 0 Å². The van der Waals surface area contributed by atoms with Crippen molar-refractivity contribution in [1.82, 2.24) is 10.2 Å². The molecule has 0 saturated carbocycles. The van der Waals surface area contributed by atoms with E-state index in [1.165, 1.54) is 16.0 Å². The van der Waals surface area contributed by atoms with Gasteiger partial charge in [0.05, 0.1) is 0 Å². The highest BCUT2D eigenvalue weighted by Crippen LogP contribution is 2.22. The fourth-order valence-electron chi connectivity index (χ4n) is 2.39. The van der Waals surface area contributed by atoms with Gasteiger partial charge in [0.1, 0.15) is 0 Å². The summed E-state index contributed by atoms with van der Waals surface area (Å²) in [6.07, 6.45) is 1.12. The molecule has 0 spiro atoms. The van der Waals surface area contributed by atoms with Crippen molar-refractivity contribution in [2.75, 3.05) is 14.1 Å². The third kappa shape index (κ3) is 4.17. The van der Waals surface area contributed by atoms with Gasteiger partial charge in [0.15, 0.2) is 0 Å². The topological polar surface area (TPSA) is 15.3 Å². The molecule has 2 rings (SSSR count). The first kappa shape index (κ1) is 15.2. The SMILES string of the molecule is CCC(NCc1ccccc1CN(C)C)c1cccs1. The van der Waals surface area contributed by atoms with Gasteiger partial charge in [-0.3, -0.25) is 0 Å². The Morgan fingerprint density at radius 2 is 1.85 bits per heavy atom. The summed E-state index contributed by atoms with van der Waals surface area (Å²) in [6, 6.07) is 13.5. The summed E-state index contributed by atoms with van der Waals surface area (Å²) in [4.78, 5) is 3.65. The van der Waals surface area contributed by atoms with Gasteiger partial charge in [-0.2, -0.15) is 0 Å². The molecule has 1 atom stereocenters. The summed E-state index contributed by atoms with van der Waals surface area (Å²) in [7, 11) is 4.23. The van der Waals surface area contributed by atoms with Crippen molar-refractivity contribution in [3.05, 3.63) is 57.8 Å². The van der Waals surface area contributed by atoms with E-state index in [9.17, 15) is 0 Å². The molecule has 3 heteroatoms. The van der Waals surface area contributed by atoms with E-state index >= 15 is 0 Å². The summed E-state index contributed by atoms with van der Waals surface area (Å²) in [6.45, 7) is 4.16. The van der Waals surface area contributed by atoms with Crippen LogP contribution in [0.25, 0.3) is 0 Å². The average Bonchev–Trinajstić information content (AvgIpc) is 2.95. The number of nitrogens with one attached hydrogen (secondary N) is 1. The standard InChI is InChI=1S/C17H24N2S/c1-4-16(17-10-7-11-20-17)18-12-14-8-5-6-9-15(14)13-19(2)3/h5-11,16,18H,4,12-13H2,1-3H3. The van der Waals surface area contributed by atoms with Gasteiger partial charge in [-0.15, -0.1) is 11.3 Å². The molecule has 0 saturated heterocycles. The Kier molecular flexibility index (Phi) is 5.77. The van der Waals surface area contributed by atoms with Gasteiger partial charge in [-0.1, -0.05) is 37.3 Å². The van der Waals surface area contributed by atoms with Crippen molar-refractivity contribution in [1.29, 1.82) is 0 Å². The number of rotatable bonds is 7. The molecule has 0 aliphatic rings. The number of hydrogen-bond donors (Lipinski definition) is 1. The molecule has 1 N–H and O–H groups in total. The molecule has 0 radical (unpaired) electrons. The van der Waals surface area contributed by atoms with E-state index < -0.39 is 0 Å². The van der Waals surface area contributed by atoms with Gasteiger partial charge in [-0.25, -0.2) is 0 Å². The molecule has 20 heavy (non-hydrogen) atoms. The summed E-state index contributed by atoms with van der Waals surface area (Å²) >= 11 is 1.83. The van der Waals surface area contributed by atoms with Crippen LogP contribution in [0.4, 0.5) is 0 Å². The van der Waals surface area contributed by atoms with Crippen molar-refractivity contribution in [2.24, 2.45) is 0 Å². The first-order valence-corrected chi connectivity index (χ1v) is 8.07. The second-order valence-electron chi connectivity index (χ2n) is 5.36. The minimum Gasteiger partial charge on any atom is -0.305 e. The van der Waals surface area contributed by atoms with Gasteiger partial charge >= 0.3 is 0 Å². The quantitative estimate of drug-likeness (QED) is 0.827. The van der Waals surface area contributed by atoms with E-state index in [4.69, 9.17) is 0 Å². The minimum absolute atomic E-state index is 0.461. The molecule has 108 valence electrons. The Balaban J connectivity index is 2.03. The molecular weight excluding hydrogens is 264 g/mol. The maximum absolute atomic E-state index is 3.69. The largest absolute Gasteiger partial charge is 0.305 e. The minimum atomic E-state index is 0.461. The van der Waals surface area contributed by atoms with Crippen LogP contribution >= 0.6 is 11.3 Å². The van der Waals surface area contributed by atoms with Crippen LogP contribution in [0.3, 0.4) is 0 Å². The zero-order valence-corrected chi connectivity index (χ0v) is 13.4. The first-order valence-electron chi connectivity index (χ1n) is 7.19. The smallest absolute Gasteiger partial charge is 0.0414 e. The molecule has 0 bridgehead atoms. The highest BCUT2D eigenvalue weighted by Gasteiger charge is 2.10. The second kappa shape index (κ2) is 7.58. The zero-order valence-electron chi connectivity index (χ0n) is 12.6. The van der Waals surface area contributed by atoms with Crippen LogP contribution in [0.15, 0.2) is 41.8 Å². The molecule has 2 aromatic rings. The van der Waals surface area contributed by atoms with Gasteiger partial charge < -0.3 is 10.2 Å². The lowest BCUT2D eigenvalue weighted by molar-refractivity contribution is 0.399. The number of hydrogen-bond acceptors (Lipinski definition) is 3. The van der Waals surface area contributed by atoms with Gasteiger partial charge in [0, 0.05) is 24.0 Å². The summed E-state index contributed by atoms with van der Waals surface area (Å²) in [5.41, 5.74) is 2.81. The lowest BCUT2D eigenvalue weighted by atomic mass is 10.1. The third-order valence-electron chi connectivity index (χ3n) is 3.44. The number of nitrogens with zero attached hydrogens (tertiary/aromatic N) is 1. The van der Waals surface area contributed by atoms with Crippen LogP contribution in [-0.2, 0) is 13.1 Å². The lowest BCUT2D eigenvalue weighted by Gasteiger charge is -2.18. The Labute approximate surface area is 126 Å². The van der Waals surface area contributed by atoms with Crippen molar-refractivity contribution < 1.29 is 0 Å². The van der Waals surface area contributed by atoms with Crippen LogP contribution in [-0.4, -0.2) is 19.0 Å². The predicted molar refractivity (Wildman–Crippen MR) is 88.0 cm³/mol. The van der Waals surface area contributed by atoms with Crippen molar-refractivity contribution in [3.8, 4) is 0 Å². The van der Waals surface area contributed by atoms with E-state index in [-0.39, 0.29) is 0 Å². The van der Waals surface area contributed by atoms with Crippen molar-refractivity contribution >= 4 is 11.3 Å². The van der Waals surface area contributed by atoms with E-state index in [2.05, 4.69) is 73.0 Å². The normalized spacial score (nSPS) is 12.8. The molecule has 0 amide bonds. The second-order valence-corrected chi connectivity index (χ2v) is 6.34. The fourth-order valence-corrected chi connectivity index (χ4v) is 3.28. The molecular formula is C17H24N2S. The zero-order chi connectivity index (χ0) is 14.4. The third-order valence-corrected chi connectivity index (χ3v) is 4.42. The van der Waals surface area contributed by atoms with Crippen LogP contribution in [0.1, 0.15) is 35.4 Å². The summed E-state index contributed by atoms with van der Waals surface area (Å²) < 4.78 is 0. The van der Waals surface area contributed by atoms with Crippen molar-refractivity contribution in [2.45, 2.75) is 32.5 Å². The van der Waals surface area contributed by atoms with E-state index in [0.29, 0.717) is 6.04 Å². The van der Waals surface area contributed by atoms with Crippen LogP contribution in [0.5, 0.6) is 0 Å². The Morgan fingerprint density at radius 3 is 2.45 bits per heavy atom. The van der Waals surface area contributed by atoms with E-state index in [1.54, 1.807) is 0 Å². The van der Waals surface area contributed by atoms with Crippen LogP contribution in [0.2, 0.25) is 0 Å². The first-order chi connectivity index (χ1) is 9.70. The average molecular weight is 288 g/mol. The molecule has 0 fully saturated rings. The van der Waals surface area contributed by atoms with E-state index in [1.807, 2.05) is 11.3 Å². The maximum atomic E-state index is 3.69. The molecule has 1 unspecified atom stereocenters. The Morgan fingerprint density at radius 1 is 1.10 bits per heavy atom. The van der Waals surface area contributed by atoms with Gasteiger partial charge in [0.25, 0.3) is 0 Å². The Hall–Kier alpha value is -1.16. The van der Waals surface area contributed by atoms with Gasteiger partial charge in [-0.05, 0) is 43.1 Å². The molecule has 0 aliphatic carbocycles.